The van der Waals surface area contributed by atoms with Gasteiger partial charge in [-0.3, -0.25) is 9.48 Å². The molecule has 0 aliphatic carbocycles. The van der Waals surface area contributed by atoms with E-state index in [0.29, 0.717) is 24.4 Å². The number of rotatable bonds is 4. The van der Waals surface area contributed by atoms with Gasteiger partial charge in [-0.25, -0.2) is 0 Å². The molecule has 0 bridgehead atoms. The van der Waals surface area contributed by atoms with Crippen LogP contribution in [0.2, 0.25) is 0 Å². The van der Waals surface area contributed by atoms with Crippen molar-refractivity contribution < 1.29 is 14.3 Å². The summed E-state index contributed by atoms with van der Waals surface area (Å²) >= 11 is 0. The first kappa shape index (κ1) is 16.2. The maximum Gasteiger partial charge on any atom is 0.256 e. The molecule has 0 saturated heterocycles. The van der Waals surface area contributed by atoms with Gasteiger partial charge in [-0.1, -0.05) is 30.3 Å². The van der Waals surface area contributed by atoms with Crippen molar-refractivity contribution >= 4 is 11.6 Å². The van der Waals surface area contributed by atoms with Crippen LogP contribution in [0.1, 0.15) is 15.9 Å². The highest BCUT2D eigenvalue weighted by Gasteiger charge is 2.21. The van der Waals surface area contributed by atoms with Gasteiger partial charge in [-0.15, -0.1) is 0 Å². The molecule has 1 N–H and O–H groups in total. The standard InChI is InChI=1S/C20H19N3O3/c1-14-6-2-3-7-17(14)20(24)22-15-10-21-23(11-15)12-16-13-25-18-8-4-5-9-19(18)26-16/h2-11,16H,12-13H2,1H3,(H,22,24). The molecule has 0 radical (unpaired) electrons. The summed E-state index contributed by atoms with van der Waals surface area (Å²) < 4.78 is 13.4. The molecule has 6 nitrogen and oxygen atoms in total. The molecule has 0 spiro atoms. The van der Waals surface area contributed by atoms with Crippen molar-refractivity contribution in [1.29, 1.82) is 0 Å². The average molecular weight is 349 g/mol. The molecule has 0 saturated carbocycles. The van der Waals surface area contributed by atoms with E-state index in [4.69, 9.17) is 9.47 Å². The number of carbonyl (C=O) groups is 1. The molecule has 3 aromatic rings. The number of ether oxygens (including phenoxy) is 2. The summed E-state index contributed by atoms with van der Waals surface area (Å²) in [6.07, 6.45) is 3.29. The molecule has 1 aliphatic rings. The zero-order valence-corrected chi connectivity index (χ0v) is 14.4. The van der Waals surface area contributed by atoms with Crippen LogP contribution < -0.4 is 14.8 Å². The number of hydrogen-bond donors (Lipinski definition) is 1. The summed E-state index contributed by atoms with van der Waals surface area (Å²) in [5, 5.41) is 7.18. The molecule has 1 atom stereocenters. The fourth-order valence-electron chi connectivity index (χ4n) is 2.92. The monoisotopic (exact) mass is 349 g/mol. The third-order valence-electron chi connectivity index (χ3n) is 4.24. The zero-order chi connectivity index (χ0) is 17.9. The van der Waals surface area contributed by atoms with Crippen molar-refractivity contribution in [2.45, 2.75) is 19.6 Å². The lowest BCUT2D eigenvalue weighted by atomic mass is 10.1. The SMILES string of the molecule is Cc1ccccc1C(=O)Nc1cnn(CC2COc3ccccc3O2)c1. The number of nitrogens with one attached hydrogen (secondary N) is 1. The normalized spacial score (nSPS) is 15.5. The second-order valence-electron chi connectivity index (χ2n) is 6.22. The minimum atomic E-state index is -0.145. The average Bonchev–Trinajstić information content (AvgIpc) is 3.08. The van der Waals surface area contributed by atoms with E-state index in [0.717, 1.165) is 17.1 Å². The summed E-state index contributed by atoms with van der Waals surface area (Å²) in [6, 6.07) is 15.1. The Kier molecular flexibility index (Phi) is 4.31. The van der Waals surface area contributed by atoms with Gasteiger partial charge in [0.05, 0.1) is 18.4 Å². The fourth-order valence-corrected chi connectivity index (χ4v) is 2.92. The maximum absolute atomic E-state index is 12.4. The van der Waals surface area contributed by atoms with E-state index >= 15 is 0 Å². The Hall–Kier alpha value is -3.28. The van der Waals surface area contributed by atoms with E-state index in [2.05, 4.69) is 10.4 Å². The highest BCUT2D eigenvalue weighted by atomic mass is 16.6. The third kappa shape index (κ3) is 3.39. The third-order valence-corrected chi connectivity index (χ3v) is 4.24. The second kappa shape index (κ2) is 6.92. The van der Waals surface area contributed by atoms with Crippen LogP contribution in [0.25, 0.3) is 0 Å². The van der Waals surface area contributed by atoms with Crippen molar-refractivity contribution in [1.82, 2.24) is 9.78 Å². The van der Waals surface area contributed by atoms with Crippen molar-refractivity contribution in [3.8, 4) is 11.5 Å². The van der Waals surface area contributed by atoms with Crippen molar-refractivity contribution in [2.75, 3.05) is 11.9 Å². The van der Waals surface area contributed by atoms with Crippen LogP contribution in [0, 0.1) is 6.92 Å². The number of carbonyl (C=O) groups excluding carboxylic acids is 1. The van der Waals surface area contributed by atoms with Crippen LogP contribution in [0.5, 0.6) is 11.5 Å². The van der Waals surface area contributed by atoms with Crippen LogP contribution in [0.3, 0.4) is 0 Å². The molecule has 1 aliphatic heterocycles. The number of anilines is 1. The highest BCUT2D eigenvalue weighted by Crippen LogP contribution is 2.31. The maximum atomic E-state index is 12.4. The predicted molar refractivity (Wildman–Crippen MR) is 97.7 cm³/mol. The molecule has 26 heavy (non-hydrogen) atoms. The van der Waals surface area contributed by atoms with Crippen molar-refractivity contribution in [2.24, 2.45) is 0 Å². The number of benzene rings is 2. The van der Waals surface area contributed by atoms with Crippen molar-refractivity contribution in [3.05, 3.63) is 72.1 Å². The molecular weight excluding hydrogens is 330 g/mol. The lowest BCUT2D eigenvalue weighted by Crippen LogP contribution is -2.33. The Morgan fingerprint density at radius 1 is 1.19 bits per heavy atom. The predicted octanol–water partition coefficient (Wildman–Crippen LogP) is 3.28. The minimum absolute atomic E-state index is 0.135. The Labute approximate surface area is 151 Å². The number of para-hydroxylation sites is 2. The first-order valence-electron chi connectivity index (χ1n) is 8.47. The molecule has 1 aromatic heterocycles. The Morgan fingerprint density at radius 2 is 1.96 bits per heavy atom. The van der Waals surface area contributed by atoms with E-state index in [1.54, 1.807) is 23.1 Å². The number of nitrogens with zero attached hydrogens (tertiary/aromatic N) is 2. The topological polar surface area (TPSA) is 65.4 Å². The summed E-state index contributed by atoms with van der Waals surface area (Å²) in [6.45, 7) is 2.91. The molecule has 4 rings (SSSR count). The molecule has 0 fully saturated rings. The molecule has 132 valence electrons. The van der Waals surface area contributed by atoms with Gasteiger partial charge in [-0.05, 0) is 30.7 Å². The molecule has 1 unspecified atom stereocenters. The number of amides is 1. The van der Waals surface area contributed by atoms with Gasteiger partial charge in [0.25, 0.3) is 5.91 Å². The van der Waals surface area contributed by atoms with Gasteiger partial charge in [0.2, 0.25) is 0 Å². The first-order chi connectivity index (χ1) is 12.7. The Balaban J connectivity index is 1.40. The van der Waals surface area contributed by atoms with E-state index in [-0.39, 0.29) is 12.0 Å². The molecule has 2 heterocycles. The van der Waals surface area contributed by atoms with Crippen LogP contribution in [0.15, 0.2) is 60.9 Å². The van der Waals surface area contributed by atoms with Gasteiger partial charge < -0.3 is 14.8 Å². The second-order valence-corrected chi connectivity index (χ2v) is 6.22. The fraction of sp³-hybridized carbons (Fsp3) is 0.200. The summed E-state index contributed by atoms with van der Waals surface area (Å²) in [7, 11) is 0. The lowest BCUT2D eigenvalue weighted by molar-refractivity contribution is 0.0759. The smallest absolute Gasteiger partial charge is 0.256 e. The summed E-state index contributed by atoms with van der Waals surface area (Å²) in [4.78, 5) is 12.4. The Morgan fingerprint density at radius 3 is 2.81 bits per heavy atom. The zero-order valence-electron chi connectivity index (χ0n) is 14.4. The molecular formula is C20H19N3O3. The molecule has 2 aromatic carbocycles. The van der Waals surface area contributed by atoms with E-state index in [1.165, 1.54) is 0 Å². The van der Waals surface area contributed by atoms with E-state index in [1.807, 2.05) is 49.4 Å². The molecule has 1 amide bonds. The quantitative estimate of drug-likeness (QED) is 0.785. The molecule has 6 heteroatoms. The van der Waals surface area contributed by atoms with Crippen LogP contribution in [-0.4, -0.2) is 28.4 Å². The number of aryl methyl sites for hydroxylation is 1. The van der Waals surface area contributed by atoms with Gasteiger partial charge >= 0.3 is 0 Å². The minimum Gasteiger partial charge on any atom is -0.486 e. The van der Waals surface area contributed by atoms with Crippen molar-refractivity contribution in [3.63, 3.8) is 0 Å². The van der Waals surface area contributed by atoms with Crippen LogP contribution in [-0.2, 0) is 6.54 Å². The van der Waals surface area contributed by atoms with Gasteiger partial charge in [0.15, 0.2) is 17.6 Å². The lowest BCUT2D eigenvalue weighted by Gasteiger charge is -2.26. The van der Waals surface area contributed by atoms with E-state index < -0.39 is 0 Å². The largest absolute Gasteiger partial charge is 0.486 e. The number of aromatic nitrogens is 2. The van der Waals surface area contributed by atoms with Crippen LogP contribution in [0.4, 0.5) is 5.69 Å². The van der Waals surface area contributed by atoms with Gasteiger partial charge in [0.1, 0.15) is 6.61 Å². The number of fused-ring (bicyclic) bond motifs is 1. The van der Waals surface area contributed by atoms with Gasteiger partial charge in [0, 0.05) is 11.8 Å². The van der Waals surface area contributed by atoms with Crippen LogP contribution >= 0.6 is 0 Å². The highest BCUT2D eigenvalue weighted by molar-refractivity contribution is 6.05. The van der Waals surface area contributed by atoms with E-state index in [9.17, 15) is 4.79 Å². The first-order valence-corrected chi connectivity index (χ1v) is 8.47. The number of hydrogen-bond acceptors (Lipinski definition) is 4. The summed E-state index contributed by atoms with van der Waals surface area (Å²) in [5.41, 5.74) is 2.24. The van der Waals surface area contributed by atoms with Gasteiger partial charge in [-0.2, -0.15) is 5.10 Å². The summed E-state index contributed by atoms with van der Waals surface area (Å²) in [5.74, 6) is 1.35. The Bertz CT molecular complexity index is 935.